The van der Waals surface area contributed by atoms with E-state index >= 15 is 0 Å². The highest BCUT2D eigenvalue weighted by atomic mass is 16.3. The maximum Gasteiger partial charge on any atom is 0.229 e. The minimum absolute atomic E-state index is 0.0142. The third kappa shape index (κ3) is 6.42. The highest BCUT2D eigenvalue weighted by molar-refractivity contribution is 5.99. The average molecular weight is 443 g/mol. The van der Waals surface area contributed by atoms with Crippen LogP contribution in [-0.4, -0.2) is 41.1 Å². The lowest BCUT2D eigenvalue weighted by Gasteiger charge is -2.27. The summed E-state index contributed by atoms with van der Waals surface area (Å²) in [6.07, 6.45) is 2.10. The monoisotopic (exact) mass is 442 g/mol. The van der Waals surface area contributed by atoms with E-state index in [-0.39, 0.29) is 29.9 Å². The minimum Gasteiger partial charge on any atom is -0.394 e. The zero-order valence-corrected chi connectivity index (χ0v) is 20.5. The Morgan fingerprint density at radius 3 is 2.31 bits per heavy atom. The molecule has 2 amide bonds. The Kier molecular flexibility index (Phi) is 7.88. The predicted octanol–water partition coefficient (Wildman–Crippen LogP) is 4.01. The van der Waals surface area contributed by atoms with E-state index in [4.69, 9.17) is 5.73 Å². The van der Waals surface area contributed by atoms with Gasteiger partial charge >= 0.3 is 0 Å². The first-order valence-corrected chi connectivity index (χ1v) is 11.1. The third-order valence-electron chi connectivity index (χ3n) is 5.49. The Labute approximate surface area is 191 Å². The van der Waals surface area contributed by atoms with Gasteiger partial charge in [-0.15, -0.1) is 0 Å². The number of nitrogens with two attached hydrogens (primary N) is 1. The van der Waals surface area contributed by atoms with Gasteiger partial charge in [-0.2, -0.15) is 0 Å². The standard InChI is InChI=1S/C20H27N3O2.C5H11NO/c1-13-10-18(23-9-5-6-15(23)12-24)16-8-7-14(11-17(16)21-13)22-19(25)20(2,3)4;1-5(2,3)4(6)7/h7-8,10-11,15,24H,5-6,9,12H2,1-4H3,(H,22,25);1-3H3,(H2,6,7)/t15-;/m0./s1. The van der Waals surface area contributed by atoms with Crippen molar-refractivity contribution in [2.24, 2.45) is 16.6 Å². The highest BCUT2D eigenvalue weighted by Crippen LogP contribution is 2.33. The van der Waals surface area contributed by atoms with Crippen LogP contribution in [0.15, 0.2) is 24.3 Å². The summed E-state index contributed by atoms with van der Waals surface area (Å²) in [5.74, 6) is -0.271. The Morgan fingerprint density at radius 2 is 1.78 bits per heavy atom. The summed E-state index contributed by atoms with van der Waals surface area (Å²) in [6, 6.07) is 8.13. The summed E-state index contributed by atoms with van der Waals surface area (Å²) in [7, 11) is 0. The van der Waals surface area contributed by atoms with E-state index in [0.29, 0.717) is 0 Å². The van der Waals surface area contributed by atoms with Gasteiger partial charge < -0.3 is 21.1 Å². The molecule has 0 saturated carbocycles. The highest BCUT2D eigenvalue weighted by Gasteiger charge is 2.26. The lowest BCUT2D eigenvalue weighted by atomic mass is 9.95. The molecule has 4 N–H and O–H groups in total. The molecule has 1 aromatic carbocycles. The molecular formula is C25H38N4O3. The van der Waals surface area contributed by atoms with Crippen molar-refractivity contribution in [2.45, 2.75) is 67.3 Å². The maximum atomic E-state index is 12.2. The SMILES string of the molecule is CC(C)(C)C(N)=O.Cc1cc(N2CCC[C@H]2CO)c2ccc(NC(=O)C(C)(C)C)cc2n1. The molecule has 0 unspecified atom stereocenters. The van der Waals surface area contributed by atoms with Gasteiger partial charge in [-0.25, -0.2) is 0 Å². The predicted molar refractivity (Wildman–Crippen MR) is 131 cm³/mol. The zero-order valence-electron chi connectivity index (χ0n) is 20.5. The van der Waals surface area contributed by atoms with Gasteiger partial charge in [0, 0.05) is 39.8 Å². The lowest BCUT2D eigenvalue weighted by Crippen LogP contribution is -2.32. The van der Waals surface area contributed by atoms with Crippen molar-refractivity contribution in [3.63, 3.8) is 0 Å². The molecule has 1 aromatic heterocycles. The minimum atomic E-state index is -0.440. The van der Waals surface area contributed by atoms with Gasteiger partial charge in [-0.3, -0.25) is 14.6 Å². The summed E-state index contributed by atoms with van der Waals surface area (Å²) < 4.78 is 0. The van der Waals surface area contributed by atoms with Gasteiger partial charge in [0.1, 0.15) is 0 Å². The van der Waals surface area contributed by atoms with Crippen LogP contribution in [-0.2, 0) is 9.59 Å². The van der Waals surface area contributed by atoms with Crippen molar-refractivity contribution in [1.82, 2.24) is 4.98 Å². The molecule has 0 radical (unpaired) electrons. The van der Waals surface area contributed by atoms with Crippen LogP contribution in [0.4, 0.5) is 11.4 Å². The van der Waals surface area contributed by atoms with E-state index in [1.807, 2.05) is 45.9 Å². The van der Waals surface area contributed by atoms with Gasteiger partial charge in [-0.05, 0) is 44.0 Å². The van der Waals surface area contributed by atoms with E-state index in [1.54, 1.807) is 20.8 Å². The summed E-state index contributed by atoms with van der Waals surface area (Å²) >= 11 is 0. The lowest BCUT2D eigenvalue weighted by molar-refractivity contribution is -0.125. The fraction of sp³-hybridized carbons (Fsp3) is 0.560. The number of fused-ring (bicyclic) bond motifs is 1. The smallest absolute Gasteiger partial charge is 0.229 e. The van der Waals surface area contributed by atoms with Crippen LogP contribution in [0.1, 0.15) is 60.1 Å². The van der Waals surface area contributed by atoms with Crippen molar-refractivity contribution >= 4 is 34.1 Å². The van der Waals surface area contributed by atoms with Gasteiger partial charge in [0.15, 0.2) is 0 Å². The van der Waals surface area contributed by atoms with Crippen molar-refractivity contribution in [1.29, 1.82) is 0 Å². The molecule has 1 fully saturated rings. The number of hydrogen-bond donors (Lipinski definition) is 3. The number of amides is 2. The molecule has 7 heteroatoms. The first kappa shape index (κ1) is 25.6. The van der Waals surface area contributed by atoms with Crippen molar-refractivity contribution < 1.29 is 14.7 Å². The van der Waals surface area contributed by atoms with E-state index in [9.17, 15) is 14.7 Å². The van der Waals surface area contributed by atoms with Gasteiger partial charge in [0.05, 0.1) is 18.2 Å². The first-order valence-electron chi connectivity index (χ1n) is 11.1. The van der Waals surface area contributed by atoms with Crippen LogP contribution in [0.3, 0.4) is 0 Å². The van der Waals surface area contributed by atoms with E-state index in [2.05, 4.69) is 21.3 Å². The van der Waals surface area contributed by atoms with E-state index in [0.717, 1.165) is 47.4 Å². The Hall–Kier alpha value is -2.67. The van der Waals surface area contributed by atoms with Crippen LogP contribution in [0.25, 0.3) is 10.9 Å². The molecule has 176 valence electrons. The molecule has 32 heavy (non-hydrogen) atoms. The molecule has 1 atom stereocenters. The first-order chi connectivity index (χ1) is 14.7. The largest absolute Gasteiger partial charge is 0.394 e. The van der Waals surface area contributed by atoms with Crippen LogP contribution in [0.5, 0.6) is 0 Å². The maximum absolute atomic E-state index is 12.2. The average Bonchev–Trinajstić information content (AvgIpc) is 3.14. The number of aliphatic hydroxyl groups excluding tert-OH is 1. The number of rotatable bonds is 3. The number of aliphatic hydroxyl groups is 1. The number of aryl methyl sites for hydroxylation is 1. The Balaban J connectivity index is 0.000000451. The number of anilines is 2. The summed E-state index contributed by atoms with van der Waals surface area (Å²) in [6.45, 7) is 14.1. The Morgan fingerprint density at radius 1 is 1.16 bits per heavy atom. The number of nitrogens with one attached hydrogen (secondary N) is 1. The summed E-state index contributed by atoms with van der Waals surface area (Å²) in [5, 5.41) is 13.7. The van der Waals surface area contributed by atoms with E-state index in [1.165, 1.54) is 0 Å². The molecule has 1 aliphatic rings. The van der Waals surface area contributed by atoms with Crippen LogP contribution >= 0.6 is 0 Å². The molecule has 0 spiro atoms. The quantitative estimate of drug-likeness (QED) is 0.666. The number of nitrogens with zero attached hydrogens (tertiary/aromatic N) is 2. The number of carbonyl (C=O) groups excluding carboxylic acids is 2. The van der Waals surface area contributed by atoms with E-state index < -0.39 is 5.41 Å². The molecule has 1 aliphatic heterocycles. The summed E-state index contributed by atoms with van der Waals surface area (Å²) in [5.41, 5.74) is 7.81. The molecule has 3 rings (SSSR count). The molecule has 0 bridgehead atoms. The molecule has 7 nitrogen and oxygen atoms in total. The number of primary amides is 1. The van der Waals surface area contributed by atoms with Crippen molar-refractivity contribution in [2.75, 3.05) is 23.4 Å². The number of aromatic nitrogens is 1. The van der Waals surface area contributed by atoms with Gasteiger partial charge in [0.25, 0.3) is 0 Å². The zero-order chi connectivity index (χ0) is 24.3. The van der Waals surface area contributed by atoms with Gasteiger partial charge in [0.2, 0.25) is 11.8 Å². The normalized spacial score (nSPS) is 16.5. The van der Waals surface area contributed by atoms with Crippen LogP contribution in [0, 0.1) is 17.8 Å². The second-order valence-corrected chi connectivity index (χ2v) is 10.5. The second-order valence-electron chi connectivity index (χ2n) is 10.5. The molecule has 2 heterocycles. The van der Waals surface area contributed by atoms with Crippen molar-refractivity contribution in [3.05, 3.63) is 30.0 Å². The fourth-order valence-corrected chi connectivity index (χ4v) is 3.32. The topological polar surface area (TPSA) is 109 Å². The molecule has 0 aliphatic carbocycles. The molecule has 1 saturated heterocycles. The fourth-order valence-electron chi connectivity index (χ4n) is 3.32. The third-order valence-corrected chi connectivity index (χ3v) is 5.49. The van der Waals surface area contributed by atoms with Gasteiger partial charge in [-0.1, -0.05) is 41.5 Å². The summed E-state index contributed by atoms with van der Waals surface area (Å²) in [4.78, 5) is 29.4. The van der Waals surface area contributed by atoms with Crippen LogP contribution in [0.2, 0.25) is 0 Å². The van der Waals surface area contributed by atoms with Crippen LogP contribution < -0.4 is 16.0 Å². The number of pyridine rings is 1. The second kappa shape index (κ2) is 9.86. The molecule has 2 aromatic rings. The van der Waals surface area contributed by atoms with Crippen molar-refractivity contribution in [3.8, 4) is 0 Å². The number of benzene rings is 1. The Bertz CT molecular complexity index is 974. The number of carbonyl (C=O) groups is 2. The molecular weight excluding hydrogens is 404 g/mol. The number of hydrogen-bond acceptors (Lipinski definition) is 5.